The first kappa shape index (κ1) is 18.4. The summed E-state index contributed by atoms with van der Waals surface area (Å²) in [7, 11) is 2.74. The molecule has 0 spiro atoms. The number of methoxy groups -OCH3 is 2. The molecule has 2 aliphatic heterocycles. The molecule has 0 saturated carbocycles. The minimum Gasteiger partial charge on any atom is -0.621 e. The Morgan fingerprint density at radius 3 is 2.64 bits per heavy atom. The zero-order valence-electron chi connectivity index (χ0n) is 11.9. The number of ether oxygens (including phenoxy) is 2. The molecule has 0 aromatic carbocycles. The Bertz CT molecular complexity index is 605. The van der Waals surface area contributed by atoms with E-state index in [0.717, 1.165) is 5.04 Å². The standard InChI is InChI=1S/C12H13Br3N2O4S/c1-5-16-9-8(17(19)12(9,21-3)22-5)7(11(18)20-2)6(4-13)10(14)15/h9-10H,4H2,1-3H3. The van der Waals surface area contributed by atoms with Crippen LogP contribution in [0.5, 0.6) is 0 Å². The number of aliphatic imine (C=N–C) groups is 1. The van der Waals surface area contributed by atoms with Gasteiger partial charge in [-0.25, -0.2) is 4.79 Å². The van der Waals surface area contributed by atoms with E-state index < -0.39 is 17.1 Å². The molecule has 0 aliphatic carbocycles. The van der Waals surface area contributed by atoms with Crippen molar-refractivity contribution in [2.24, 2.45) is 4.99 Å². The summed E-state index contributed by atoms with van der Waals surface area (Å²) in [4.78, 5) is 16.7. The molecule has 22 heavy (non-hydrogen) atoms. The van der Waals surface area contributed by atoms with Crippen LogP contribution in [0.15, 0.2) is 16.1 Å². The van der Waals surface area contributed by atoms with Crippen molar-refractivity contribution in [1.82, 2.24) is 0 Å². The van der Waals surface area contributed by atoms with E-state index in [0.29, 0.717) is 15.6 Å². The van der Waals surface area contributed by atoms with Gasteiger partial charge in [0.1, 0.15) is 5.57 Å². The summed E-state index contributed by atoms with van der Waals surface area (Å²) in [6.45, 7) is 1.81. The number of hydrogen-bond donors (Lipinski definition) is 0. The second-order valence-corrected chi connectivity index (χ2v) is 9.49. The van der Waals surface area contributed by atoms with E-state index in [9.17, 15) is 10.0 Å². The van der Waals surface area contributed by atoms with E-state index in [4.69, 9.17) is 9.47 Å². The summed E-state index contributed by atoms with van der Waals surface area (Å²) in [6, 6.07) is -0.526. The zero-order chi connectivity index (χ0) is 16.7. The molecule has 2 aliphatic rings. The lowest BCUT2D eigenvalue weighted by Crippen LogP contribution is -2.64. The SMILES string of the molecule is COC(=O)C(=C(CBr)C(Br)Br)C1=[N+]([O-])C2(OC)SC(C)=NC12. The molecule has 122 valence electrons. The minimum atomic E-state index is -1.12. The van der Waals surface area contributed by atoms with Gasteiger partial charge in [-0.2, -0.15) is 4.74 Å². The van der Waals surface area contributed by atoms with Gasteiger partial charge in [0.15, 0.2) is 0 Å². The van der Waals surface area contributed by atoms with Gasteiger partial charge in [-0.05, 0) is 12.5 Å². The molecule has 2 heterocycles. The average Bonchev–Trinajstić information content (AvgIpc) is 2.79. The van der Waals surface area contributed by atoms with Crippen molar-refractivity contribution < 1.29 is 19.0 Å². The van der Waals surface area contributed by atoms with Gasteiger partial charge in [-0.15, -0.1) is 0 Å². The van der Waals surface area contributed by atoms with Crippen molar-refractivity contribution in [1.29, 1.82) is 0 Å². The van der Waals surface area contributed by atoms with Gasteiger partial charge < -0.3 is 14.7 Å². The van der Waals surface area contributed by atoms with Gasteiger partial charge in [0.2, 0.25) is 11.8 Å². The third-order valence-corrected chi connectivity index (χ3v) is 6.34. The Morgan fingerprint density at radius 2 is 2.18 bits per heavy atom. The maximum Gasteiger partial charge on any atom is 0.366 e. The van der Waals surface area contributed by atoms with E-state index in [1.807, 2.05) is 0 Å². The highest BCUT2D eigenvalue weighted by atomic mass is 79.9. The van der Waals surface area contributed by atoms with Crippen molar-refractivity contribution in [3.63, 3.8) is 0 Å². The first-order chi connectivity index (χ1) is 10.3. The Kier molecular flexibility index (Phi) is 5.80. The summed E-state index contributed by atoms with van der Waals surface area (Å²) in [5.41, 5.74) is 1.12. The average molecular weight is 521 g/mol. The van der Waals surface area contributed by atoms with Crippen LogP contribution in [0.25, 0.3) is 0 Å². The number of carbonyl (C=O) groups is 1. The number of hydrogen-bond acceptors (Lipinski definition) is 6. The highest BCUT2D eigenvalue weighted by Gasteiger charge is 2.68. The largest absolute Gasteiger partial charge is 0.621 e. The molecular formula is C12H13Br3N2O4S. The lowest BCUT2D eigenvalue weighted by Gasteiger charge is -2.38. The predicted molar refractivity (Wildman–Crippen MR) is 97.3 cm³/mol. The Morgan fingerprint density at radius 1 is 1.55 bits per heavy atom. The van der Waals surface area contributed by atoms with E-state index in [1.165, 1.54) is 26.0 Å². The van der Waals surface area contributed by atoms with Crippen LogP contribution in [0.1, 0.15) is 6.92 Å². The molecular weight excluding hydrogens is 508 g/mol. The summed E-state index contributed by atoms with van der Waals surface area (Å²) in [6.07, 6.45) is 0. The lowest BCUT2D eigenvalue weighted by molar-refractivity contribution is -0.603. The normalized spacial score (nSPS) is 28.1. The maximum absolute atomic E-state index is 12.6. The van der Waals surface area contributed by atoms with Crippen molar-refractivity contribution in [3.8, 4) is 0 Å². The van der Waals surface area contributed by atoms with E-state index >= 15 is 0 Å². The molecule has 0 N–H and O–H groups in total. The summed E-state index contributed by atoms with van der Waals surface area (Å²) >= 11 is 11.3. The fourth-order valence-electron chi connectivity index (χ4n) is 2.37. The topological polar surface area (TPSA) is 74.0 Å². The van der Waals surface area contributed by atoms with Crippen LogP contribution in [0.4, 0.5) is 0 Å². The van der Waals surface area contributed by atoms with Crippen LogP contribution in [-0.4, -0.2) is 55.8 Å². The highest BCUT2D eigenvalue weighted by molar-refractivity contribution is 9.24. The molecule has 0 radical (unpaired) electrons. The molecule has 0 fully saturated rings. The summed E-state index contributed by atoms with van der Waals surface area (Å²) in [5, 5.41) is 12.6. The van der Waals surface area contributed by atoms with E-state index in [2.05, 4.69) is 52.8 Å². The van der Waals surface area contributed by atoms with Crippen LogP contribution in [0.3, 0.4) is 0 Å². The van der Waals surface area contributed by atoms with Crippen LogP contribution in [0.2, 0.25) is 0 Å². The molecule has 0 bridgehead atoms. The monoisotopic (exact) mass is 518 g/mol. The number of rotatable bonds is 5. The van der Waals surface area contributed by atoms with E-state index in [-0.39, 0.29) is 15.0 Å². The van der Waals surface area contributed by atoms with Gasteiger partial charge in [-0.1, -0.05) is 47.8 Å². The quantitative estimate of drug-likeness (QED) is 0.183. The number of halogens is 3. The second kappa shape index (κ2) is 6.92. The Labute approximate surface area is 157 Å². The first-order valence-electron chi connectivity index (χ1n) is 6.12. The highest BCUT2D eigenvalue weighted by Crippen LogP contribution is 2.48. The number of nitrogens with zero attached hydrogens (tertiary/aromatic N) is 2. The Hall–Kier alpha value is 0.1000. The molecule has 0 aromatic heterocycles. The number of alkyl halides is 3. The molecule has 0 amide bonds. The van der Waals surface area contributed by atoms with Crippen molar-refractivity contribution >= 4 is 76.3 Å². The van der Waals surface area contributed by atoms with Crippen LogP contribution in [-0.2, 0) is 14.3 Å². The van der Waals surface area contributed by atoms with Gasteiger partial charge in [0, 0.05) is 24.2 Å². The van der Waals surface area contributed by atoms with Crippen LogP contribution < -0.4 is 0 Å². The molecule has 10 heteroatoms. The molecule has 2 atom stereocenters. The molecule has 0 saturated heterocycles. The number of allylic oxidation sites excluding steroid dienone is 1. The molecule has 2 rings (SSSR count). The van der Waals surface area contributed by atoms with E-state index in [1.54, 1.807) is 6.92 Å². The maximum atomic E-state index is 12.6. The number of hydroxylamine groups is 1. The second-order valence-electron chi connectivity index (χ2n) is 4.49. The molecule has 2 unspecified atom stereocenters. The third-order valence-electron chi connectivity index (χ3n) is 3.38. The summed E-state index contributed by atoms with van der Waals surface area (Å²) in [5.74, 6) is -0.580. The molecule has 6 nitrogen and oxygen atoms in total. The number of thioether (sulfide) groups is 1. The minimum absolute atomic E-state index is 0.213. The first-order valence-corrected chi connectivity index (χ1v) is 9.89. The smallest absolute Gasteiger partial charge is 0.366 e. The third kappa shape index (κ3) is 2.70. The van der Waals surface area contributed by atoms with Crippen LogP contribution >= 0.6 is 59.6 Å². The predicted octanol–water partition coefficient (Wildman–Crippen LogP) is 2.77. The number of esters is 1. The fourth-order valence-corrected chi connectivity index (χ4v) is 5.74. The van der Waals surface area contributed by atoms with Gasteiger partial charge in [0.05, 0.1) is 15.9 Å². The molecule has 0 aromatic rings. The van der Waals surface area contributed by atoms with Crippen molar-refractivity contribution in [2.45, 2.75) is 21.8 Å². The van der Waals surface area contributed by atoms with Gasteiger partial charge >= 0.3 is 11.0 Å². The van der Waals surface area contributed by atoms with Crippen molar-refractivity contribution in [3.05, 3.63) is 16.4 Å². The van der Waals surface area contributed by atoms with Crippen LogP contribution in [0, 0.1) is 5.21 Å². The number of fused-ring (bicyclic) bond motifs is 1. The van der Waals surface area contributed by atoms with Gasteiger partial charge in [0.25, 0.3) is 0 Å². The van der Waals surface area contributed by atoms with Crippen molar-refractivity contribution in [2.75, 3.05) is 19.5 Å². The zero-order valence-corrected chi connectivity index (χ0v) is 17.5. The van der Waals surface area contributed by atoms with Gasteiger partial charge in [-0.3, -0.25) is 4.99 Å². The Balaban J connectivity index is 2.62. The number of carbonyl (C=O) groups excluding carboxylic acids is 1. The summed E-state index contributed by atoms with van der Waals surface area (Å²) < 4.78 is 10.7. The fraction of sp³-hybridized carbons (Fsp3) is 0.583. The lowest BCUT2D eigenvalue weighted by atomic mass is 9.92.